The van der Waals surface area contributed by atoms with Crippen LogP contribution in [0.2, 0.25) is 0 Å². The van der Waals surface area contributed by atoms with Crippen molar-refractivity contribution in [2.24, 2.45) is 0 Å². The van der Waals surface area contributed by atoms with E-state index in [9.17, 15) is 0 Å². The number of hydrogen-bond acceptors (Lipinski definition) is 0. The fourth-order valence-electron chi connectivity index (χ4n) is 12.8. The zero-order valence-electron chi connectivity index (χ0n) is 46.9. The van der Waals surface area contributed by atoms with Crippen LogP contribution in [0.25, 0.3) is 99.6 Å². The molecule has 0 bridgehead atoms. The number of fused-ring (bicyclic) bond motifs is 6. The van der Waals surface area contributed by atoms with Crippen molar-refractivity contribution in [2.45, 2.75) is 0 Å². The Morgan fingerprint density at radius 1 is 0.176 bits per heavy atom. The van der Waals surface area contributed by atoms with E-state index < -0.39 is 7.92 Å². The van der Waals surface area contributed by atoms with Gasteiger partial charge in [-0.15, -0.1) is 0 Å². The number of hydrogen-bond donors (Lipinski definition) is 0. The molecule has 0 N–H and O–H groups in total. The molecule has 0 aliphatic rings. The monoisotopic (exact) mass is 1100 g/mol. The molecule has 0 aliphatic carbocycles. The van der Waals surface area contributed by atoms with Crippen molar-refractivity contribution < 1.29 is 0 Å². The van der Waals surface area contributed by atoms with Gasteiger partial charge in [-0.25, -0.2) is 0 Å². The summed E-state index contributed by atoms with van der Waals surface area (Å²) in [6.45, 7) is 0. The summed E-state index contributed by atoms with van der Waals surface area (Å²) in [5, 5.41) is 18.7. The normalized spacial score (nSPS) is 11.4. The van der Waals surface area contributed by atoms with Crippen molar-refractivity contribution in [1.82, 2.24) is 0 Å². The molecule has 0 saturated heterocycles. The van der Waals surface area contributed by atoms with Crippen LogP contribution in [-0.4, -0.2) is 0 Å². The fraction of sp³-hybridized carbons (Fsp3) is 0. The molecule has 0 amide bonds. The van der Waals surface area contributed by atoms with Crippen molar-refractivity contribution in [2.75, 3.05) is 0 Å². The van der Waals surface area contributed by atoms with Gasteiger partial charge in [0.05, 0.1) is 0 Å². The van der Waals surface area contributed by atoms with Crippen LogP contribution >= 0.6 is 7.92 Å². The van der Waals surface area contributed by atoms with Crippen LogP contribution in [0.5, 0.6) is 0 Å². The van der Waals surface area contributed by atoms with Gasteiger partial charge in [0.1, 0.15) is 0 Å². The summed E-state index contributed by atoms with van der Waals surface area (Å²) in [6.07, 6.45) is 7.18. The summed E-state index contributed by atoms with van der Waals surface area (Å²) in [5.74, 6) is 0. The van der Waals surface area contributed by atoms with Gasteiger partial charge in [0.25, 0.3) is 0 Å². The quantitative estimate of drug-likeness (QED) is 0.0845. The molecule has 0 aromatic heterocycles. The average Bonchev–Trinajstić information content (AvgIpc) is 3.13. The summed E-state index contributed by atoms with van der Waals surface area (Å²) < 4.78 is 0. The lowest BCUT2D eigenvalue weighted by Crippen LogP contribution is -2.20. The molecule has 0 heterocycles. The minimum absolute atomic E-state index is 1.01. The van der Waals surface area contributed by atoms with Crippen LogP contribution < -0.4 is 15.9 Å². The highest BCUT2D eigenvalue weighted by molar-refractivity contribution is 7.79. The summed E-state index contributed by atoms with van der Waals surface area (Å²) in [4.78, 5) is 0. The Hall–Kier alpha value is -10.5. The summed E-state index contributed by atoms with van der Waals surface area (Å²) in [5.41, 5.74) is 14.4. The minimum atomic E-state index is -1.01. The fourth-order valence-corrected chi connectivity index (χ4v) is 15.0. The summed E-state index contributed by atoms with van der Waals surface area (Å²) in [6, 6.07) is 121. The van der Waals surface area contributed by atoms with Crippen LogP contribution in [-0.2, 0) is 0 Å². The second-order valence-electron chi connectivity index (χ2n) is 21.9. The number of benzene rings is 15. The highest BCUT2D eigenvalue weighted by Crippen LogP contribution is 2.41. The van der Waals surface area contributed by atoms with Crippen molar-refractivity contribution in [3.8, 4) is 0 Å². The first-order valence-corrected chi connectivity index (χ1v) is 30.6. The smallest absolute Gasteiger partial charge is 0.00930 e. The third-order valence-electron chi connectivity index (χ3n) is 16.9. The van der Waals surface area contributed by atoms with Crippen molar-refractivity contribution >= 4 is 123 Å². The van der Waals surface area contributed by atoms with E-state index >= 15 is 0 Å². The maximum atomic E-state index is 2.39. The molecule has 0 unspecified atom stereocenters. The molecule has 15 aromatic carbocycles. The predicted molar refractivity (Wildman–Crippen MR) is 370 cm³/mol. The van der Waals surface area contributed by atoms with Crippen LogP contribution in [0.15, 0.2) is 328 Å². The molecule has 85 heavy (non-hydrogen) atoms. The molecule has 398 valence electrons. The Morgan fingerprint density at radius 2 is 0.353 bits per heavy atom. The van der Waals surface area contributed by atoms with Crippen LogP contribution in [0.4, 0.5) is 0 Å². The van der Waals surface area contributed by atoms with Gasteiger partial charge in [-0.3, -0.25) is 0 Å². The van der Waals surface area contributed by atoms with Crippen molar-refractivity contribution in [3.05, 3.63) is 378 Å². The first-order chi connectivity index (χ1) is 42.1. The van der Waals surface area contributed by atoms with E-state index in [0.717, 1.165) is 16.7 Å². The van der Waals surface area contributed by atoms with Gasteiger partial charge in [0.2, 0.25) is 0 Å². The van der Waals surface area contributed by atoms with Crippen molar-refractivity contribution in [3.63, 3.8) is 0 Å². The molecule has 1 heteroatoms. The lowest BCUT2D eigenvalue weighted by atomic mass is 9.89. The van der Waals surface area contributed by atoms with E-state index in [4.69, 9.17) is 0 Å². The van der Waals surface area contributed by atoms with E-state index in [1.54, 1.807) is 0 Å². The van der Waals surface area contributed by atoms with Gasteiger partial charge >= 0.3 is 0 Å². The maximum Gasteiger partial charge on any atom is -0.00930 e. The van der Waals surface area contributed by atoms with E-state index in [2.05, 4.69) is 346 Å². The van der Waals surface area contributed by atoms with E-state index in [1.807, 2.05) is 0 Å². The van der Waals surface area contributed by atoms with Gasteiger partial charge in [-0.1, -0.05) is 328 Å². The molecule has 0 fully saturated rings. The first kappa shape index (κ1) is 51.4. The van der Waals surface area contributed by atoms with Gasteiger partial charge in [-0.2, -0.15) is 0 Å². The average molecular weight is 1100 g/mol. The van der Waals surface area contributed by atoms with Gasteiger partial charge in [0, 0.05) is 0 Å². The molecule has 0 aliphatic heterocycles. The lowest BCUT2D eigenvalue weighted by molar-refractivity contribution is 1.61. The first-order valence-electron chi connectivity index (χ1n) is 29.3. The SMILES string of the molecule is C(=C(c1cccc2ccccc12)c1cccc2ccccc12)c1ccc(P(c2ccc(C=C(c3cccc4ccccc34)c3cccc4ccccc34)cc2)c2ccc(C=C(c3cccc4ccccc34)c3cccc4ccccc34)cc2)cc1. The molecular weight excluding hydrogens is 1040 g/mol. The Morgan fingerprint density at radius 3 is 0.553 bits per heavy atom. The molecular formula is C84H57P. The third kappa shape index (κ3) is 10.0. The highest BCUT2D eigenvalue weighted by atomic mass is 31.1. The van der Waals surface area contributed by atoms with Gasteiger partial charge in [-0.05, 0) is 173 Å². The summed E-state index contributed by atoms with van der Waals surface area (Å²) >= 11 is 0. The summed E-state index contributed by atoms with van der Waals surface area (Å²) in [7, 11) is -1.01. The minimum Gasteiger partial charge on any atom is -0.0616 e. The number of rotatable bonds is 12. The zero-order chi connectivity index (χ0) is 56.5. The van der Waals surface area contributed by atoms with E-state index in [-0.39, 0.29) is 0 Å². The molecule has 0 saturated carbocycles. The third-order valence-corrected chi connectivity index (χ3v) is 19.3. The Kier molecular flexibility index (Phi) is 13.7. The molecule has 15 rings (SSSR count). The molecule has 15 aromatic rings. The highest BCUT2D eigenvalue weighted by Gasteiger charge is 2.20. The van der Waals surface area contributed by atoms with E-state index in [0.29, 0.717) is 0 Å². The van der Waals surface area contributed by atoms with Crippen molar-refractivity contribution in [1.29, 1.82) is 0 Å². The topological polar surface area (TPSA) is 0 Å². The Balaban J connectivity index is 0.871. The second-order valence-corrected chi connectivity index (χ2v) is 24.2. The Bertz CT molecular complexity index is 4310. The van der Waals surface area contributed by atoms with Crippen LogP contribution in [0.3, 0.4) is 0 Å². The zero-order valence-corrected chi connectivity index (χ0v) is 47.8. The predicted octanol–water partition coefficient (Wildman–Crippen LogP) is 21.1. The lowest BCUT2D eigenvalue weighted by Gasteiger charge is -2.21. The molecule has 0 radical (unpaired) electrons. The van der Waals surface area contributed by atoms with Gasteiger partial charge in [0.15, 0.2) is 0 Å². The van der Waals surface area contributed by atoms with Crippen LogP contribution in [0.1, 0.15) is 50.1 Å². The van der Waals surface area contributed by atoms with Gasteiger partial charge < -0.3 is 0 Å². The van der Waals surface area contributed by atoms with E-state index in [1.165, 1.54) is 131 Å². The standard InChI is InChI=1S/C84H57P/c1-7-31-70-61(19-1)25-13-37-76(70)82(77-38-14-26-62-20-2-8-32-71(62)77)55-58-43-49-67(50-44-58)85(68-51-45-59(46-52-68)56-83(78-39-15-27-63-21-3-9-33-72(63)78)79-40-16-28-64-22-4-10-34-73(64)79)69-53-47-60(48-54-69)57-84(80-41-17-29-65-23-5-11-35-74(65)80)81-42-18-30-66-24-6-12-36-75(66)81/h1-57H. The maximum absolute atomic E-state index is 2.39. The Labute approximate surface area is 498 Å². The molecule has 0 atom stereocenters. The second kappa shape index (κ2) is 22.7. The largest absolute Gasteiger partial charge is 0.0616 e. The molecule has 0 spiro atoms. The molecule has 0 nitrogen and oxygen atoms in total. The van der Waals surface area contributed by atoms with Crippen LogP contribution in [0, 0.1) is 0 Å².